The Bertz CT molecular complexity index is 527. The number of hydrogen-bond donors (Lipinski definition) is 1. The molecular weight excluding hydrogens is 238 g/mol. The molecule has 0 saturated heterocycles. The van der Waals surface area contributed by atoms with Crippen molar-refractivity contribution in [3.63, 3.8) is 0 Å². The van der Waals surface area contributed by atoms with Crippen molar-refractivity contribution in [2.24, 2.45) is 0 Å². The highest BCUT2D eigenvalue weighted by Crippen LogP contribution is 2.22. The number of aromatic nitrogens is 3. The maximum absolute atomic E-state index is 5.92. The predicted octanol–water partition coefficient (Wildman–Crippen LogP) is 2.04. The minimum absolute atomic E-state index is 0.562. The molecule has 100 valence electrons. The Hall–Kier alpha value is -2.17. The summed E-state index contributed by atoms with van der Waals surface area (Å²) in [6, 6.07) is 5.92. The fourth-order valence-electron chi connectivity index (χ4n) is 2.05. The molecule has 0 unspecified atom stereocenters. The molecule has 2 rings (SSSR count). The lowest BCUT2D eigenvalue weighted by atomic mass is 10.2. The quantitative estimate of drug-likeness (QED) is 0.887. The molecule has 0 amide bonds. The summed E-state index contributed by atoms with van der Waals surface area (Å²) in [5.74, 6) is 1.47. The Labute approximate surface area is 113 Å². The van der Waals surface area contributed by atoms with Gasteiger partial charge < -0.3 is 10.6 Å². The molecule has 0 radical (unpaired) electrons. The molecule has 5 heteroatoms. The third-order valence-electron chi connectivity index (χ3n) is 3.07. The zero-order valence-corrected chi connectivity index (χ0v) is 11.4. The molecule has 0 aromatic carbocycles. The van der Waals surface area contributed by atoms with Gasteiger partial charge in [0.25, 0.3) is 0 Å². The van der Waals surface area contributed by atoms with E-state index in [1.165, 1.54) is 6.33 Å². The largest absolute Gasteiger partial charge is 0.383 e. The first-order chi connectivity index (χ1) is 9.26. The van der Waals surface area contributed by atoms with E-state index in [9.17, 15) is 0 Å². The number of nitrogens with two attached hydrogens (primary N) is 1. The molecule has 2 aromatic heterocycles. The van der Waals surface area contributed by atoms with Crippen LogP contribution in [0.5, 0.6) is 0 Å². The van der Waals surface area contributed by atoms with Crippen molar-refractivity contribution in [2.75, 3.05) is 17.2 Å². The van der Waals surface area contributed by atoms with E-state index in [0.29, 0.717) is 5.82 Å². The van der Waals surface area contributed by atoms with E-state index in [-0.39, 0.29) is 0 Å². The van der Waals surface area contributed by atoms with Gasteiger partial charge in [0.05, 0.1) is 12.2 Å². The summed E-state index contributed by atoms with van der Waals surface area (Å²) in [5.41, 5.74) is 7.94. The molecule has 2 aromatic rings. The molecule has 0 fully saturated rings. The molecule has 0 aliphatic carbocycles. The molecule has 0 aliphatic heterocycles. The van der Waals surface area contributed by atoms with E-state index in [1.54, 1.807) is 6.20 Å². The van der Waals surface area contributed by atoms with E-state index >= 15 is 0 Å². The lowest BCUT2D eigenvalue weighted by Gasteiger charge is -2.24. The van der Waals surface area contributed by atoms with Crippen LogP contribution in [-0.2, 0) is 13.0 Å². The van der Waals surface area contributed by atoms with Crippen LogP contribution >= 0.6 is 0 Å². The zero-order chi connectivity index (χ0) is 13.7. The Morgan fingerprint density at radius 3 is 2.63 bits per heavy atom. The first kappa shape index (κ1) is 13.3. The average Bonchev–Trinajstić information content (AvgIpc) is 2.45. The third kappa shape index (κ3) is 2.99. The average molecular weight is 257 g/mol. The van der Waals surface area contributed by atoms with Crippen molar-refractivity contribution < 1.29 is 0 Å². The summed E-state index contributed by atoms with van der Waals surface area (Å²) in [6.45, 7) is 5.73. The number of hydrogen-bond acceptors (Lipinski definition) is 5. The molecule has 2 heterocycles. The molecule has 5 nitrogen and oxygen atoms in total. The van der Waals surface area contributed by atoms with Crippen LogP contribution in [0, 0.1) is 0 Å². The van der Waals surface area contributed by atoms with Crippen molar-refractivity contribution >= 4 is 11.6 Å². The number of anilines is 2. The van der Waals surface area contributed by atoms with Gasteiger partial charge in [0.1, 0.15) is 18.0 Å². The first-order valence-corrected chi connectivity index (χ1v) is 6.50. The maximum atomic E-state index is 5.92. The predicted molar refractivity (Wildman–Crippen MR) is 76.8 cm³/mol. The number of nitrogen functional groups attached to an aromatic ring is 1. The highest BCUT2D eigenvalue weighted by atomic mass is 15.2. The standard InChI is InChI=1S/C14H19N5/c1-3-12-13(15)17-10-18-14(12)19(4-2)9-11-7-5-6-8-16-11/h5-8,10H,3-4,9H2,1-2H3,(H2,15,17,18). The smallest absolute Gasteiger partial charge is 0.137 e. The molecule has 0 aliphatic rings. The zero-order valence-electron chi connectivity index (χ0n) is 11.4. The summed E-state index contributed by atoms with van der Waals surface area (Å²) < 4.78 is 0. The summed E-state index contributed by atoms with van der Waals surface area (Å²) in [4.78, 5) is 15.0. The van der Waals surface area contributed by atoms with Crippen LogP contribution < -0.4 is 10.6 Å². The van der Waals surface area contributed by atoms with Crippen LogP contribution in [0.2, 0.25) is 0 Å². The lowest BCUT2D eigenvalue weighted by molar-refractivity contribution is 0.782. The van der Waals surface area contributed by atoms with Gasteiger partial charge in [-0.1, -0.05) is 13.0 Å². The van der Waals surface area contributed by atoms with Crippen LogP contribution in [-0.4, -0.2) is 21.5 Å². The second-order valence-electron chi connectivity index (χ2n) is 4.25. The number of nitrogens with zero attached hydrogens (tertiary/aromatic N) is 4. The van der Waals surface area contributed by atoms with Gasteiger partial charge in [-0.15, -0.1) is 0 Å². The van der Waals surface area contributed by atoms with Gasteiger partial charge in [-0.3, -0.25) is 4.98 Å². The molecule has 19 heavy (non-hydrogen) atoms. The topological polar surface area (TPSA) is 67.9 Å². The summed E-state index contributed by atoms with van der Waals surface area (Å²) in [6.07, 6.45) is 4.14. The highest BCUT2D eigenvalue weighted by Gasteiger charge is 2.14. The minimum atomic E-state index is 0.562. The Kier molecular flexibility index (Phi) is 4.28. The minimum Gasteiger partial charge on any atom is -0.383 e. The molecule has 0 spiro atoms. The molecule has 2 N–H and O–H groups in total. The van der Waals surface area contributed by atoms with E-state index in [0.717, 1.165) is 36.6 Å². The van der Waals surface area contributed by atoms with E-state index in [1.807, 2.05) is 18.2 Å². The Morgan fingerprint density at radius 1 is 1.16 bits per heavy atom. The molecule has 0 atom stereocenters. The monoisotopic (exact) mass is 257 g/mol. The Morgan fingerprint density at radius 2 is 2.00 bits per heavy atom. The summed E-state index contributed by atoms with van der Waals surface area (Å²) >= 11 is 0. The van der Waals surface area contributed by atoms with E-state index in [2.05, 4.69) is 33.7 Å². The maximum Gasteiger partial charge on any atom is 0.137 e. The van der Waals surface area contributed by atoms with Crippen LogP contribution in [0.4, 0.5) is 11.6 Å². The van der Waals surface area contributed by atoms with Gasteiger partial charge in [0, 0.05) is 18.3 Å². The fraction of sp³-hybridized carbons (Fsp3) is 0.357. The van der Waals surface area contributed by atoms with Crippen molar-refractivity contribution in [3.05, 3.63) is 42.0 Å². The third-order valence-corrected chi connectivity index (χ3v) is 3.07. The first-order valence-electron chi connectivity index (χ1n) is 6.50. The van der Waals surface area contributed by atoms with Crippen molar-refractivity contribution in [1.82, 2.24) is 15.0 Å². The van der Waals surface area contributed by atoms with E-state index < -0.39 is 0 Å². The van der Waals surface area contributed by atoms with Crippen LogP contribution in [0.3, 0.4) is 0 Å². The molecule has 0 bridgehead atoms. The van der Waals surface area contributed by atoms with Crippen molar-refractivity contribution in [2.45, 2.75) is 26.8 Å². The van der Waals surface area contributed by atoms with E-state index in [4.69, 9.17) is 5.73 Å². The fourth-order valence-corrected chi connectivity index (χ4v) is 2.05. The van der Waals surface area contributed by atoms with Gasteiger partial charge in [-0.05, 0) is 25.5 Å². The Balaban J connectivity index is 2.30. The van der Waals surface area contributed by atoms with Crippen LogP contribution in [0.15, 0.2) is 30.7 Å². The van der Waals surface area contributed by atoms with Crippen LogP contribution in [0.1, 0.15) is 25.1 Å². The normalized spacial score (nSPS) is 10.4. The number of rotatable bonds is 5. The molecule has 0 saturated carbocycles. The highest BCUT2D eigenvalue weighted by molar-refractivity contribution is 5.56. The lowest BCUT2D eigenvalue weighted by Crippen LogP contribution is -2.25. The van der Waals surface area contributed by atoms with Gasteiger partial charge in [0.15, 0.2) is 0 Å². The number of pyridine rings is 1. The van der Waals surface area contributed by atoms with Gasteiger partial charge in [0.2, 0.25) is 0 Å². The van der Waals surface area contributed by atoms with Crippen LogP contribution in [0.25, 0.3) is 0 Å². The second-order valence-corrected chi connectivity index (χ2v) is 4.25. The second kappa shape index (κ2) is 6.13. The molecular formula is C14H19N5. The van der Waals surface area contributed by atoms with Crippen molar-refractivity contribution in [1.29, 1.82) is 0 Å². The van der Waals surface area contributed by atoms with Gasteiger partial charge in [-0.2, -0.15) is 0 Å². The summed E-state index contributed by atoms with van der Waals surface area (Å²) in [5, 5.41) is 0. The SMILES string of the molecule is CCc1c(N)ncnc1N(CC)Cc1ccccn1. The van der Waals surface area contributed by atoms with Gasteiger partial charge in [-0.25, -0.2) is 9.97 Å². The van der Waals surface area contributed by atoms with Crippen molar-refractivity contribution in [3.8, 4) is 0 Å². The van der Waals surface area contributed by atoms with Gasteiger partial charge >= 0.3 is 0 Å². The summed E-state index contributed by atoms with van der Waals surface area (Å²) in [7, 11) is 0.